The molecule has 18 heavy (non-hydrogen) atoms. The maximum Gasteiger partial charge on any atom is 0.356 e. The van der Waals surface area contributed by atoms with Crippen molar-refractivity contribution in [3.8, 4) is 11.4 Å². The summed E-state index contributed by atoms with van der Waals surface area (Å²) in [6.07, 6.45) is 7.69. The van der Waals surface area contributed by atoms with Crippen LogP contribution in [0.25, 0.3) is 17.2 Å². The van der Waals surface area contributed by atoms with E-state index in [4.69, 9.17) is 5.11 Å². The molecular formula is C11H7N5O2. The smallest absolute Gasteiger partial charge is 0.356 e. The third kappa shape index (κ3) is 1.58. The van der Waals surface area contributed by atoms with Gasteiger partial charge in [0.15, 0.2) is 5.69 Å². The van der Waals surface area contributed by atoms with Gasteiger partial charge in [0, 0.05) is 24.8 Å². The molecule has 0 saturated carbocycles. The molecule has 0 spiro atoms. The molecule has 7 heteroatoms. The van der Waals surface area contributed by atoms with Gasteiger partial charge in [0.05, 0.1) is 11.9 Å². The van der Waals surface area contributed by atoms with E-state index in [1.165, 1.54) is 6.20 Å². The minimum Gasteiger partial charge on any atom is -0.476 e. The number of imidazole rings is 1. The molecule has 0 fully saturated rings. The second kappa shape index (κ2) is 3.88. The first-order valence-corrected chi connectivity index (χ1v) is 5.09. The van der Waals surface area contributed by atoms with Gasteiger partial charge >= 0.3 is 5.97 Å². The molecule has 3 rings (SSSR count). The van der Waals surface area contributed by atoms with Gasteiger partial charge in [0.1, 0.15) is 5.69 Å². The number of hydrogen-bond donors (Lipinski definition) is 1. The molecule has 0 radical (unpaired) electrons. The molecule has 3 heterocycles. The molecule has 0 aliphatic carbocycles. The van der Waals surface area contributed by atoms with E-state index in [0.29, 0.717) is 17.2 Å². The highest BCUT2D eigenvalue weighted by Crippen LogP contribution is 2.16. The van der Waals surface area contributed by atoms with Gasteiger partial charge in [-0.15, -0.1) is 0 Å². The van der Waals surface area contributed by atoms with Crippen molar-refractivity contribution in [3.05, 3.63) is 42.7 Å². The van der Waals surface area contributed by atoms with Crippen molar-refractivity contribution in [1.82, 2.24) is 24.3 Å². The molecule has 3 aromatic rings. The maximum atomic E-state index is 10.9. The Morgan fingerprint density at radius 3 is 2.83 bits per heavy atom. The monoisotopic (exact) mass is 241 g/mol. The molecule has 7 nitrogen and oxygen atoms in total. The number of aromatic carboxylic acids is 1. The lowest BCUT2D eigenvalue weighted by atomic mass is 10.3. The van der Waals surface area contributed by atoms with Crippen molar-refractivity contribution in [3.63, 3.8) is 0 Å². The van der Waals surface area contributed by atoms with Crippen LogP contribution in [0.5, 0.6) is 0 Å². The van der Waals surface area contributed by atoms with Crippen molar-refractivity contribution in [1.29, 1.82) is 0 Å². The summed E-state index contributed by atoms with van der Waals surface area (Å²) < 4.78 is 1.58. The fraction of sp³-hybridized carbons (Fsp3) is 0. The van der Waals surface area contributed by atoms with Crippen LogP contribution in [0.15, 0.2) is 37.1 Å². The zero-order valence-corrected chi connectivity index (χ0v) is 9.06. The van der Waals surface area contributed by atoms with Crippen molar-refractivity contribution >= 4 is 11.7 Å². The van der Waals surface area contributed by atoms with E-state index < -0.39 is 5.97 Å². The standard InChI is InChI=1S/C11H7N5O2/c17-10(18)8-6-16-9(1-2-14-11(16)15-8)7-5-12-3-4-13-7/h1-6H,(H,17,18). The third-order valence-corrected chi connectivity index (χ3v) is 2.41. The summed E-state index contributed by atoms with van der Waals surface area (Å²) in [4.78, 5) is 26.9. The Balaban J connectivity index is 2.27. The van der Waals surface area contributed by atoms with E-state index in [-0.39, 0.29) is 5.69 Å². The summed E-state index contributed by atoms with van der Waals surface area (Å²) in [7, 11) is 0. The zero-order chi connectivity index (χ0) is 12.5. The lowest BCUT2D eigenvalue weighted by Crippen LogP contribution is -1.95. The van der Waals surface area contributed by atoms with Crippen molar-refractivity contribution in [2.75, 3.05) is 0 Å². The minimum absolute atomic E-state index is 0.0566. The third-order valence-electron chi connectivity index (χ3n) is 2.41. The lowest BCUT2D eigenvalue weighted by Gasteiger charge is -2.02. The van der Waals surface area contributed by atoms with Crippen LogP contribution in [0.2, 0.25) is 0 Å². The number of carboxylic acids is 1. The number of nitrogens with zero attached hydrogens (tertiary/aromatic N) is 5. The van der Waals surface area contributed by atoms with E-state index in [1.807, 2.05) is 0 Å². The van der Waals surface area contributed by atoms with E-state index in [9.17, 15) is 4.79 Å². The van der Waals surface area contributed by atoms with Crippen LogP contribution in [-0.4, -0.2) is 35.4 Å². The topological polar surface area (TPSA) is 93.3 Å². The molecule has 0 aromatic carbocycles. The first kappa shape index (κ1) is 10.3. The summed E-state index contributed by atoms with van der Waals surface area (Å²) in [6, 6.07) is 1.73. The molecule has 0 saturated heterocycles. The van der Waals surface area contributed by atoms with Crippen molar-refractivity contribution in [2.45, 2.75) is 0 Å². The van der Waals surface area contributed by atoms with Crippen molar-refractivity contribution < 1.29 is 9.90 Å². The molecule has 0 bridgehead atoms. The second-order valence-electron chi connectivity index (χ2n) is 3.52. The molecule has 0 aliphatic heterocycles. The Morgan fingerprint density at radius 1 is 1.22 bits per heavy atom. The Kier molecular flexibility index (Phi) is 2.23. The first-order valence-electron chi connectivity index (χ1n) is 5.09. The van der Waals surface area contributed by atoms with Gasteiger partial charge in [-0.3, -0.25) is 14.4 Å². The molecule has 1 N–H and O–H groups in total. The van der Waals surface area contributed by atoms with Gasteiger partial charge in [0.2, 0.25) is 5.78 Å². The summed E-state index contributed by atoms with van der Waals surface area (Å²) in [5.74, 6) is -0.777. The number of carboxylic acid groups (broad SMARTS) is 1. The van der Waals surface area contributed by atoms with Gasteiger partial charge in [-0.25, -0.2) is 14.8 Å². The van der Waals surface area contributed by atoms with Crippen LogP contribution in [-0.2, 0) is 0 Å². The van der Waals surface area contributed by atoms with Crippen LogP contribution in [0.3, 0.4) is 0 Å². The first-order chi connectivity index (χ1) is 8.75. The maximum absolute atomic E-state index is 10.9. The Labute approximate surface area is 101 Å². The van der Waals surface area contributed by atoms with E-state index in [0.717, 1.165) is 0 Å². The molecule has 0 aliphatic rings. The normalized spacial score (nSPS) is 10.7. The molecule has 3 aromatic heterocycles. The number of hydrogen-bond acceptors (Lipinski definition) is 5. The highest BCUT2D eigenvalue weighted by atomic mass is 16.4. The van der Waals surface area contributed by atoms with Gasteiger partial charge < -0.3 is 5.11 Å². The zero-order valence-electron chi connectivity index (χ0n) is 9.06. The summed E-state index contributed by atoms with van der Waals surface area (Å²) in [5.41, 5.74) is 1.26. The second-order valence-corrected chi connectivity index (χ2v) is 3.52. The highest BCUT2D eigenvalue weighted by Gasteiger charge is 2.12. The predicted molar refractivity (Wildman–Crippen MR) is 61.0 cm³/mol. The van der Waals surface area contributed by atoms with Gasteiger partial charge in [-0.05, 0) is 6.07 Å². The number of rotatable bonds is 2. The fourth-order valence-corrected chi connectivity index (χ4v) is 1.64. The summed E-state index contributed by atoms with van der Waals surface area (Å²) in [6.45, 7) is 0. The Morgan fingerprint density at radius 2 is 2.11 bits per heavy atom. The van der Waals surface area contributed by atoms with Gasteiger partial charge in [0.25, 0.3) is 0 Å². The van der Waals surface area contributed by atoms with Crippen LogP contribution in [0.4, 0.5) is 0 Å². The predicted octanol–water partition coefficient (Wildman–Crippen LogP) is 0.884. The average Bonchev–Trinajstić information content (AvgIpc) is 2.83. The number of fused-ring (bicyclic) bond motifs is 1. The minimum atomic E-state index is -1.09. The van der Waals surface area contributed by atoms with Crippen molar-refractivity contribution in [2.24, 2.45) is 0 Å². The van der Waals surface area contributed by atoms with Crippen LogP contribution in [0, 0.1) is 0 Å². The van der Waals surface area contributed by atoms with Gasteiger partial charge in [-0.1, -0.05) is 0 Å². The quantitative estimate of drug-likeness (QED) is 0.716. The largest absolute Gasteiger partial charge is 0.476 e. The molecular weight excluding hydrogens is 234 g/mol. The van der Waals surface area contributed by atoms with Crippen LogP contribution >= 0.6 is 0 Å². The molecule has 0 amide bonds. The molecule has 0 atom stereocenters. The number of carbonyl (C=O) groups is 1. The van der Waals surface area contributed by atoms with E-state index in [2.05, 4.69) is 19.9 Å². The van der Waals surface area contributed by atoms with Crippen LogP contribution < -0.4 is 0 Å². The Hall–Kier alpha value is -2.83. The van der Waals surface area contributed by atoms with E-state index >= 15 is 0 Å². The molecule has 0 unspecified atom stereocenters. The van der Waals surface area contributed by atoms with Gasteiger partial charge in [-0.2, -0.15) is 0 Å². The average molecular weight is 241 g/mol. The fourth-order valence-electron chi connectivity index (χ4n) is 1.64. The summed E-state index contributed by atoms with van der Waals surface area (Å²) >= 11 is 0. The van der Waals surface area contributed by atoms with Crippen LogP contribution in [0.1, 0.15) is 10.5 Å². The number of aromatic nitrogens is 5. The van der Waals surface area contributed by atoms with E-state index in [1.54, 1.807) is 35.3 Å². The Bertz CT molecular complexity index is 723. The summed E-state index contributed by atoms with van der Waals surface area (Å²) in [5, 5.41) is 8.92. The molecule has 88 valence electrons. The lowest BCUT2D eigenvalue weighted by molar-refractivity contribution is 0.0691. The SMILES string of the molecule is O=C(O)c1cn2c(-c3cnccn3)ccnc2n1. The highest BCUT2D eigenvalue weighted by molar-refractivity contribution is 5.86.